The van der Waals surface area contributed by atoms with E-state index in [9.17, 15) is 4.79 Å². The minimum atomic E-state index is -0.265. The molecule has 0 N–H and O–H groups in total. The average Bonchev–Trinajstić information content (AvgIpc) is 2.84. The van der Waals surface area contributed by atoms with Crippen molar-refractivity contribution in [1.82, 2.24) is 0 Å². The van der Waals surface area contributed by atoms with Crippen molar-refractivity contribution in [3.8, 4) is 5.75 Å². The van der Waals surface area contributed by atoms with Crippen molar-refractivity contribution in [2.75, 3.05) is 0 Å². The maximum absolute atomic E-state index is 12.9. The summed E-state index contributed by atoms with van der Waals surface area (Å²) in [5.41, 5.74) is 1.58. The summed E-state index contributed by atoms with van der Waals surface area (Å²) in [6.07, 6.45) is 4.91. The zero-order chi connectivity index (χ0) is 15.9. The van der Waals surface area contributed by atoms with Gasteiger partial charge in [0.2, 0.25) is 0 Å². The Balaban J connectivity index is 1.77. The Morgan fingerprint density at radius 2 is 1.70 bits per heavy atom. The van der Waals surface area contributed by atoms with Crippen LogP contribution in [0.4, 0.5) is 0 Å². The Hall–Kier alpha value is -2.09. The normalized spacial score (nSPS) is 28.6. The van der Waals surface area contributed by atoms with Crippen molar-refractivity contribution in [2.45, 2.75) is 50.0 Å². The molecule has 0 aromatic heterocycles. The van der Waals surface area contributed by atoms with Gasteiger partial charge in [-0.2, -0.15) is 0 Å². The molecule has 1 aliphatic carbocycles. The quantitative estimate of drug-likeness (QED) is 0.752. The van der Waals surface area contributed by atoms with Gasteiger partial charge in [0.15, 0.2) is 5.78 Å². The summed E-state index contributed by atoms with van der Waals surface area (Å²) in [7, 11) is 0. The fourth-order valence-electron chi connectivity index (χ4n) is 4.53. The number of hydrogen-bond acceptors (Lipinski definition) is 2. The first-order valence-corrected chi connectivity index (χ1v) is 8.51. The van der Waals surface area contributed by atoms with Crippen molar-refractivity contribution >= 4 is 5.78 Å². The van der Waals surface area contributed by atoms with Crippen molar-refractivity contribution in [2.24, 2.45) is 0 Å². The molecule has 118 valence electrons. The molecule has 0 bridgehead atoms. The van der Waals surface area contributed by atoms with Crippen LogP contribution in [0.3, 0.4) is 0 Å². The summed E-state index contributed by atoms with van der Waals surface area (Å²) in [6, 6.07) is 17.9. The number of ketones is 1. The molecule has 1 fully saturated rings. The van der Waals surface area contributed by atoms with Crippen LogP contribution in [0.15, 0.2) is 54.6 Å². The molecule has 0 spiro atoms. The van der Waals surface area contributed by atoms with Crippen LogP contribution in [-0.4, -0.2) is 11.4 Å². The van der Waals surface area contributed by atoms with Gasteiger partial charge in [-0.3, -0.25) is 4.79 Å². The summed E-state index contributed by atoms with van der Waals surface area (Å²) >= 11 is 0. The van der Waals surface area contributed by atoms with Gasteiger partial charge in [0.25, 0.3) is 0 Å². The minimum absolute atomic E-state index is 0.186. The third-order valence-electron chi connectivity index (χ3n) is 5.82. The Morgan fingerprint density at radius 3 is 2.52 bits per heavy atom. The van der Waals surface area contributed by atoms with E-state index in [1.807, 2.05) is 42.5 Å². The largest absolute Gasteiger partial charge is 0.486 e. The average molecular weight is 306 g/mol. The van der Waals surface area contributed by atoms with Crippen LogP contribution in [0.25, 0.3) is 0 Å². The lowest BCUT2D eigenvalue weighted by Gasteiger charge is -2.46. The highest BCUT2D eigenvalue weighted by Gasteiger charge is 2.58. The molecule has 2 atom stereocenters. The summed E-state index contributed by atoms with van der Waals surface area (Å²) in [5, 5.41) is 0. The Morgan fingerprint density at radius 1 is 1.00 bits per heavy atom. The van der Waals surface area contributed by atoms with Gasteiger partial charge >= 0.3 is 0 Å². The highest BCUT2D eigenvalue weighted by atomic mass is 16.5. The zero-order valence-electron chi connectivity index (χ0n) is 13.5. The summed E-state index contributed by atoms with van der Waals surface area (Å²) in [6.45, 7) is 2.20. The van der Waals surface area contributed by atoms with Crippen LogP contribution in [0.2, 0.25) is 0 Å². The summed E-state index contributed by atoms with van der Waals surface area (Å²) in [4.78, 5) is 12.9. The number of para-hydroxylation sites is 1. The highest BCUT2D eigenvalue weighted by molar-refractivity contribution is 5.97. The molecule has 0 amide bonds. The molecular formula is C21H22O2. The first-order chi connectivity index (χ1) is 11.1. The SMILES string of the molecule is C[C@]12CCCC[C@@]1(CC(=O)c1ccccc1)c1ccccc1O2. The zero-order valence-corrected chi connectivity index (χ0v) is 13.5. The van der Waals surface area contributed by atoms with Gasteiger partial charge in [0, 0.05) is 23.0 Å². The van der Waals surface area contributed by atoms with E-state index in [-0.39, 0.29) is 16.8 Å². The Labute approximate surface area is 137 Å². The van der Waals surface area contributed by atoms with Gasteiger partial charge in [-0.05, 0) is 32.3 Å². The summed E-state index contributed by atoms with van der Waals surface area (Å²) in [5.74, 6) is 1.19. The van der Waals surface area contributed by atoms with E-state index >= 15 is 0 Å². The van der Waals surface area contributed by atoms with Gasteiger partial charge in [0.1, 0.15) is 11.4 Å². The molecule has 1 saturated carbocycles. The topological polar surface area (TPSA) is 26.3 Å². The van der Waals surface area contributed by atoms with E-state index in [4.69, 9.17) is 4.74 Å². The third kappa shape index (κ3) is 2.12. The van der Waals surface area contributed by atoms with Crippen LogP contribution >= 0.6 is 0 Å². The number of hydrogen-bond donors (Lipinski definition) is 0. The van der Waals surface area contributed by atoms with E-state index in [0.717, 1.165) is 30.6 Å². The third-order valence-corrected chi connectivity index (χ3v) is 5.82. The van der Waals surface area contributed by atoms with Crippen molar-refractivity contribution in [3.63, 3.8) is 0 Å². The molecule has 2 aliphatic rings. The molecule has 2 nitrogen and oxygen atoms in total. The maximum Gasteiger partial charge on any atom is 0.163 e. The molecular weight excluding hydrogens is 284 g/mol. The van der Waals surface area contributed by atoms with Gasteiger partial charge in [0.05, 0.1) is 0 Å². The van der Waals surface area contributed by atoms with Crippen LogP contribution in [0.5, 0.6) is 5.75 Å². The van der Waals surface area contributed by atoms with Crippen molar-refractivity contribution in [3.05, 3.63) is 65.7 Å². The molecule has 1 heterocycles. The van der Waals surface area contributed by atoms with Gasteiger partial charge in [-0.1, -0.05) is 55.0 Å². The van der Waals surface area contributed by atoms with Gasteiger partial charge in [-0.15, -0.1) is 0 Å². The lowest BCUT2D eigenvalue weighted by Crippen LogP contribution is -2.52. The van der Waals surface area contributed by atoms with Crippen molar-refractivity contribution in [1.29, 1.82) is 0 Å². The van der Waals surface area contributed by atoms with E-state index in [2.05, 4.69) is 19.1 Å². The lowest BCUT2D eigenvalue weighted by molar-refractivity contribution is -0.00401. The first-order valence-electron chi connectivity index (χ1n) is 8.51. The lowest BCUT2D eigenvalue weighted by atomic mass is 9.59. The van der Waals surface area contributed by atoms with Gasteiger partial charge < -0.3 is 4.74 Å². The molecule has 0 unspecified atom stereocenters. The second kappa shape index (κ2) is 5.23. The Bertz CT molecular complexity index is 737. The second-order valence-electron chi connectivity index (χ2n) is 7.08. The molecule has 4 rings (SSSR count). The number of carbonyl (C=O) groups excluding carboxylic acids is 1. The van der Waals surface area contributed by atoms with E-state index in [1.165, 1.54) is 12.0 Å². The van der Waals surface area contributed by atoms with Crippen LogP contribution in [-0.2, 0) is 5.41 Å². The molecule has 2 aromatic rings. The number of fused-ring (bicyclic) bond motifs is 3. The van der Waals surface area contributed by atoms with Crippen molar-refractivity contribution < 1.29 is 9.53 Å². The highest BCUT2D eigenvalue weighted by Crippen LogP contribution is 2.58. The second-order valence-corrected chi connectivity index (χ2v) is 7.08. The number of benzene rings is 2. The fraction of sp³-hybridized carbons (Fsp3) is 0.381. The van der Waals surface area contributed by atoms with E-state index < -0.39 is 0 Å². The fourth-order valence-corrected chi connectivity index (χ4v) is 4.53. The number of carbonyl (C=O) groups is 1. The van der Waals surface area contributed by atoms with Gasteiger partial charge in [-0.25, -0.2) is 0 Å². The van der Waals surface area contributed by atoms with E-state index in [1.54, 1.807) is 0 Å². The molecule has 0 radical (unpaired) electrons. The maximum atomic E-state index is 12.9. The van der Waals surface area contributed by atoms with E-state index in [0.29, 0.717) is 6.42 Å². The molecule has 0 saturated heterocycles. The van der Waals surface area contributed by atoms with Crippen LogP contribution in [0.1, 0.15) is 54.9 Å². The number of rotatable bonds is 3. The number of ether oxygens (including phenoxy) is 1. The standard InChI is InChI=1S/C21H22O2/c1-20-13-7-8-14-21(20,17-11-5-6-12-19(17)23-20)15-18(22)16-9-3-2-4-10-16/h2-6,9-12H,7-8,13-15H2,1H3/t20-,21+/m0/s1. The predicted octanol–water partition coefficient (Wildman–Crippen LogP) is 4.92. The first kappa shape index (κ1) is 14.5. The molecule has 2 heteroatoms. The Kier molecular flexibility index (Phi) is 3.29. The van der Waals surface area contributed by atoms with Crippen LogP contribution < -0.4 is 4.74 Å². The molecule has 2 aromatic carbocycles. The molecule has 1 aliphatic heterocycles. The number of Topliss-reactive ketones (excluding diaryl/α,β-unsaturated/α-hetero) is 1. The monoisotopic (exact) mass is 306 g/mol. The predicted molar refractivity (Wildman–Crippen MR) is 91.0 cm³/mol. The summed E-state index contributed by atoms with van der Waals surface area (Å²) < 4.78 is 6.39. The smallest absolute Gasteiger partial charge is 0.163 e. The van der Waals surface area contributed by atoms with Crippen LogP contribution in [0, 0.1) is 0 Å². The minimum Gasteiger partial charge on any atom is -0.486 e. The molecule has 23 heavy (non-hydrogen) atoms.